The molecule has 0 spiro atoms. The van der Waals surface area contributed by atoms with Crippen LogP contribution in [-0.2, 0) is 9.53 Å². The predicted octanol–water partition coefficient (Wildman–Crippen LogP) is 2.43. The fourth-order valence-corrected chi connectivity index (χ4v) is 2.72. The molecule has 1 aromatic carbocycles. The highest BCUT2D eigenvalue weighted by molar-refractivity contribution is 6.23. The zero-order valence-electron chi connectivity index (χ0n) is 14.4. The van der Waals surface area contributed by atoms with Crippen molar-refractivity contribution in [2.45, 2.75) is 0 Å². The molecule has 0 bridgehead atoms. The lowest BCUT2D eigenvalue weighted by molar-refractivity contribution is -0.118. The normalized spacial score (nSPS) is 14.8. The Hall–Kier alpha value is -3.08. The number of carbonyl (C=O) groups excluding carboxylic acids is 1. The van der Waals surface area contributed by atoms with Gasteiger partial charge in [-0.2, -0.15) is 0 Å². The predicted molar refractivity (Wildman–Crippen MR) is 103 cm³/mol. The average Bonchev–Trinajstić information content (AvgIpc) is 2.84. The maximum Gasteiger partial charge on any atom is 0.233 e. The van der Waals surface area contributed by atoms with E-state index in [9.17, 15) is 4.79 Å². The van der Waals surface area contributed by atoms with E-state index >= 15 is 0 Å². The Labute approximate surface area is 153 Å². The zero-order chi connectivity index (χ0) is 18.5. The first-order chi connectivity index (χ1) is 12.6. The quantitative estimate of drug-likeness (QED) is 0.646. The number of nitrogens with zero attached hydrogens (tertiary/aromatic N) is 1. The molecule has 1 atom stereocenters. The summed E-state index contributed by atoms with van der Waals surface area (Å²) in [5.41, 5.74) is 10.6. The third kappa shape index (κ3) is 3.94. The van der Waals surface area contributed by atoms with Crippen LogP contribution >= 0.6 is 0 Å². The van der Waals surface area contributed by atoms with Crippen LogP contribution in [0.2, 0.25) is 0 Å². The molecule has 128 valence electrons. The van der Waals surface area contributed by atoms with Crippen LogP contribution in [0, 0.1) is 5.92 Å². The number of rotatable bonds is 5. The fraction of sp³-hybridized carbons (Fsp3) is 0.150. The lowest BCUT2D eigenvalue weighted by Crippen LogP contribution is -2.30. The summed E-state index contributed by atoms with van der Waals surface area (Å²) in [5, 5.41) is 4.93. The molecule has 3 rings (SSSR count). The lowest BCUT2D eigenvalue weighted by atomic mass is 9.93. The van der Waals surface area contributed by atoms with Gasteiger partial charge in [-0.25, -0.2) is 0 Å². The molecular weight excluding hydrogens is 325 g/mol. The standard InChI is InChI=1S/C20H18BN3O2/c1-26-18-9-14(2-4-16(21)10-18)19(11-22)20(25)24-17-5-3-15-12-23-7-6-13(15)8-17/h2-9,12,19H,11,22H2,1H3,(H,24,25). The molecule has 2 aromatic rings. The van der Waals surface area contributed by atoms with Crippen LogP contribution in [0.3, 0.4) is 0 Å². The van der Waals surface area contributed by atoms with E-state index in [0.29, 0.717) is 22.5 Å². The summed E-state index contributed by atoms with van der Waals surface area (Å²) in [4.78, 5) is 16.9. The number of anilines is 1. The van der Waals surface area contributed by atoms with Crippen LogP contribution in [0.4, 0.5) is 5.69 Å². The van der Waals surface area contributed by atoms with Gasteiger partial charge in [0.1, 0.15) is 7.85 Å². The molecule has 3 N–H and O–H groups in total. The second-order valence-corrected chi connectivity index (χ2v) is 5.84. The largest absolute Gasteiger partial charge is 0.489 e. The van der Waals surface area contributed by atoms with E-state index < -0.39 is 5.92 Å². The van der Waals surface area contributed by atoms with E-state index in [1.54, 1.807) is 30.6 Å². The summed E-state index contributed by atoms with van der Waals surface area (Å²) in [7, 11) is 7.33. The van der Waals surface area contributed by atoms with Gasteiger partial charge >= 0.3 is 0 Å². The smallest absolute Gasteiger partial charge is 0.233 e. The van der Waals surface area contributed by atoms with Crippen LogP contribution in [0.15, 0.2) is 77.4 Å². The molecule has 6 heteroatoms. The van der Waals surface area contributed by atoms with Gasteiger partial charge in [0.05, 0.1) is 13.0 Å². The Balaban J connectivity index is 1.83. The highest BCUT2D eigenvalue weighted by Gasteiger charge is 2.21. The average molecular weight is 343 g/mol. The first-order valence-corrected chi connectivity index (χ1v) is 8.15. The minimum Gasteiger partial charge on any atom is -0.489 e. The van der Waals surface area contributed by atoms with Crippen LogP contribution in [0.1, 0.15) is 0 Å². The number of hydrogen-bond donors (Lipinski definition) is 2. The van der Waals surface area contributed by atoms with Gasteiger partial charge in [-0.3, -0.25) is 9.78 Å². The Morgan fingerprint density at radius 3 is 2.96 bits per heavy atom. The molecule has 26 heavy (non-hydrogen) atoms. The first-order valence-electron chi connectivity index (χ1n) is 8.15. The number of hydrogen-bond acceptors (Lipinski definition) is 4. The van der Waals surface area contributed by atoms with Gasteiger partial charge in [-0.05, 0) is 35.2 Å². The van der Waals surface area contributed by atoms with Crippen molar-refractivity contribution in [2.75, 3.05) is 19.0 Å². The van der Waals surface area contributed by atoms with Crippen molar-refractivity contribution in [1.29, 1.82) is 0 Å². The van der Waals surface area contributed by atoms with E-state index in [4.69, 9.17) is 18.3 Å². The van der Waals surface area contributed by atoms with Gasteiger partial charge in [0, 0.05) is 30.0 Å². The van der Waals surface area contributed by atoms with E-state index in [0.717, 1.165) is 10.8 Å². The number of carbonyl (C=O) groups is 1. The molecule has 1 aliphatic rings. The number of aromatic nitrogens is 1. The highest BCUT2D eigenvalue weighted by Crippen LogP contribution is 2.22. The number of fused-ring (bicyclic) bond motifs is 1. The van der Waals surface area contributed by atoms with Crippen molar-refractivity contribution in [3.63, 3.8) is 0 Å². The number of benzene rings is 1. The molecule has 0 fully saturated rings. The molecule has 1 amide bonds. The Morgan fingerprint density at radius 1 is 1.35 bits per heavy atom. The van der Waals surface area contributed by atoms with Crippen molar-refractivity contribution in [2.24, 2.45) is 11.7 Å². The summed E-state index contributed by atoms with van der Waals surface area (Å²) in [6, 6.07) is 7.55. The first kappa shape index (κ1) is 17.7. The van der Waals surface area contributed by atoms with Gasteiger partial charge in [-0.15, -0.1) is 0 Å². The summed E-state index contributed by atoms with van der Waals surface area (Å²) in [6.07, 6.45) is 8.66. The summed E-state index contributed by atoms with van der Waals surface area (Å²) >= 11 is 0. The van der Waals surface area contributed by atoms with Gasteiger partial charge in [-0.1, -0.05) is 29.4 Å². The number of amides is 1. The Morgan fingerprint density at radius 2 is 2.19 bits per heavy atom. The lowest BCUT2D eigenvalue weighted by Gasteiger charge is -2.17. The topological polar surface area (TPSA) is 77.2 Å². The van der Waals surface area contributed by atoms with Gasteiger partial charge < -0.3 is 15.8 Å². The molecule has 1 aliphatic carbocycles. The van der Waals surface area contributed by atoms with Crippen LogP contribution < -0.4 is 11.1 Å². The molecular formula is C20H18BN3O2. The second-order valence-electron chi connectivity index (χ2n) is 5.84. The van der Waals surface area contributed by atoms with Gasteiger partial charge in [0.25, 0.3) is 0 Å². The highest BCUT2D eigenvalue weighted by atomic mass is 16.5. The summed E-state index contributed by atoms with van der Waals surface area (Å²) in [6.45, 7) is 0.149. The van der Waals surface area contributed by atoms with E-state index in [1.165, 1.54) is 7.11 Å². The number of nitrogens with two attached hydrogens (primary N) is 1. The molecule has 1 unspecified atom stereocenters. The molecule has 2 radical (unpaired) electrons. The molecule has 1 aromatic heterocycles. The van der Waals surface area contributed by atoms with Gasteiger partial charge in [0.2, 0.25) is 5.91 Å². The second kappa shape index (κ2) is 7.87. The summed E-state index contributed by atoms with van der Waals surface area (Å²) in [5.74, 6) is -0.295. The van der Waals surface area contributed by atoms with Crippen molar-refractivity contribution in [3.05, 3.63) is 77.4 Å². The summed E-state index contributed by atoms with van der Waals surface area (Å²) < 4.78 is 5.22. The van der Waals surface area contributed by atoms with E-state index in [2.05, 4.69) is 16.0 Å². The minimum atomic E-state index is -0.544. The van der Waals surface area contributed by atoms with Crippen molar-refractivity contribution in [3.8, 4) is 0 Å². The number of nitrogens with one attached hydrogen (secondary N) is 1. The number of methoxy groups -OCH3 is 1. The Kier molecular flexibility index (Phi) is 5.37. The van der Waals surface area contributed by atoms with Crippen molar-refractivity contribution >= 4 is 30.2 Å². The molecule has 1 heterocycles. The fourth-order valence-electron chi connectivity index (χ4n) is 2.72. The SMILES string of the molecule is [B]C1=C=C(OC)C=C(C(CN)C(=O)Nc2ccc3cnccc3c2)C=C1. The molecule has 5 nitrogen and oxygen atoms in total. The van der Waals surface area contributed by atoms with E-state index in [1.807, 2.05) is 24.3 Å². The van der Waals surface area contributed by atoms with Crippen molar-refractivity contribution < 1.29 is 9.53 Å². The molecule has 0 aliphatic heterocycles. The maximum absolute atomic E-state index is 12.8. The van der Waals surface area contributed by atoms with Crippen LogP contribution in [-0.4, -0.2) is 32.4 Å². The number of ether oxygens (including phenoxy) is 1. The maximum atomic E-state index is 12.8. The third-order valence-electron chi connectivity index (χ3n) is 4.10. The monoisotopic (exact) mass is 343 g/mol. The third-order valence-corrected chi connectivity index (χ3v) is 4.10. The number of allylic oxidation sites excluding steroid dienone is 3. The van der Waals surface area contributed by atoms with Crippen LogP contribution in [0.25, 0.3) is 10.8 Å². The zero-order valence-corrected chi connectivity index (χ0v) is 14.4. The minimum absolute atomic E-state index is 0.149. The van der Waals surface area contributed by atoms with Crippen molar-refractivity contribution in [1.82, 2.24) is 4.98 Å². The molecule has 0 saturated heterocycles. The molecule has 0 saturated carbocycles. The van der Waals surface area contributed by atoms with Gasteiger partial charge in [0.15, 0.2) is 5.76 Å². The Bertz CT molecular complexity index is 972. The van der Waals surface area contributed by atoms with Crippen LogP contribution in [0.5, 0.6) is 0 Å². The number of pyridine rings is 1. The van der Waals surface area contributed by atoms with E-state index in [-0.39, 0.29) is 12.5 Å².